The lowest BCUT2D eigenvalue weighted by atomic mass is 9.77. The maximum absolute atomic E-state index is 11.8. The van der Waals surface area contributed by atoms with Gasteiger partial charge in [0.2, 0.25) is 0 Å². The predicted molar refractivity (Wildman–Crippen MR) is 68.6 cm³/mol. The van der Waals surface area contributed by atoms with Crippen LogP contribution >= 0.6 is 11.6 Å². The van der Waals surface area contributed by atoms with Crippen molar-refractivity contribution in [3.63, 3.8) is 0 Å². The molecule has 96 valence electrons. The van der Waals surface area contributed by atoms with Crippen molar-refractivity contribution < 1.29 is 14.3 Å². The summed E-state index contributed by atoms with van der Waals surface area (Å²) in [6, 6.07) is 5.63. The summed E-state index contributed by atoms with van der Waals surface area (Å²) in [7, 11) is 0. The van der Waals surface area contributed by atoms with Crippen LogP contribution in [0.3, 0.4) is 0 Å². The van der Waals surface area contributed by atoms with Gasteiger partial charge in [0.05, 0.1) is 6.61 Å². The van der Waals surface area contributed by atoms with E-state index in [0.29, 0.717) is 24.5 Å². The first-order valence-electron chi connectivity index (χ1n) is 5.89. The topological polar surface area (TPSA) is 43.4 Å². The molecule has 0 N–H and O–H groups in total. The van der Waals surface area contributed by atoms with Crippen LogP contribution in [0.25, 0.3) is 0 Å². The van der Waals surface area contributed by atoms with Gasteiger partial charge >= 0.3 is 5.97 Å². The van der Waals surface area contributed by atoms with E-state index in [2.05, 4.69) is 0 Å². The van der Waals surface area contributed by atoms with Gasteiger partial charge in [-0.05, 0) is 37.5 Å². The highest BCUT2D eigenvalue weighted by molar-refractivity contribution is 6.31. The summed E-state index contributed by atoms with van der Waals surface area (Å²) in [4.78, 5) is 23.7. The van der Waals surface area contributed by atoms with Crippen LogP contribution in [0, 0.1) is 12.3 Å². The Bertz CT molecular complexity index is 510. The van der Waals surface area contributed by atoms with Crippen LogP contribution in [0.2, 0.25) is 5.02 Å². The Labute approximate surface area is 111 Å². The molecule has 0 bridgehead atoms. The number of carbonyl (C=O) groups excluding carboxylic acids is 2. The molecule has 0 saturated carbocycles. The summed E-state index contributed by atoms with van der Waals surface area (Å²) in [6.45, 7) is 3.69. The monoisotopic (exact) mass is 266 g/mol. The van der Waals surface area contributed by atoms with Gasteiger partial charge in [-0.1, -0.05) is 23.7 Å². The lowest BCUT2D eigenvalue weighted by Gasteiger charge is -2.22. The fourth-order valence-corrected chi connectivity index (χ4v) is 2.59. The lowest BCUT2D eigenvalue weighted by molar-refractivity contribution is -0.150. The average Bonchev–Trinajstić information content (AvgIpc) is 2.65. The molecule has 1 unspecified atom stereocenters. The van der Waals surface area contributed by atoms with E-state index in [9.17, 15) is 9.59 Å². The number of Topliss-reactive ketones (excluding diaryl/α,β-unsaturated/α-hetero) is 1. The van der Waals surface area contributed by atoms with Crippen LogP contribution in [0.1, 0.15) is 24.5 Å². The van der Waals surface area contributed by atoms with Crippen LogP contribution < -0.4 is 0 Å². The van der Waals surface area contributed by atoms with E-state index in [1.165, 1.54) is 6.92 Å². The van der Waals surface area contributed by atoms with Crippen LogP contribution in [0.5, 0.6) is 0 Å². The molecule has 1 aromatic rings. The number of hydrogen-bond donors (Lipinski definition) is 0. The van der Waals surface area contributed by atoms with Gasteiger partial charge in [-0.2, -0.15) is 0 Å². The van der Waals surface area contributed by atoms with Crippen molar-refractivity contribution in [2.45, 2.75) is 26.7 Å². The Kier molecular flexibility index (Phi) is 3.44. The Morgan fingerprint density at radius 3 is 2.72 bits per heavy atom. The summed E-state index contributed by atoms with van der Waals surface area (Å²) in [5, 5.41) is 0.593. The highest BCUT2D eigenvalue weighted by Gasteiger charge is 2.48. The highest BCUT2D eigenvalue weighted by Crippen LogP contribution is 2.36. The SMILES string of the molecule is CC(=O)C1(Cc2ccc(C)cc2Cl)CCOC1=O. The fraction of sp³-hybridized carbons (Fsp3) is 0.429. The summed E-state index contributed by atoms with van der Waals surface area (Å²) >= 11 is 6.16. The van der Waals surface area contributed by atoms with E-state index >= 15 is 0 Å². The van der Waals surface area contributed by atoms with E-state index < -0.39 is 11.4 Å². The molecule has 0 aromatic heterocycles. The molecule has 1 saturated heterocycles. The van der Waals surface area contributed by atoms with E-state index in [-0.39, 0.29) is 5.78 Å². The van der Waals surface area contributed by atoms with Gasteiger partial charge in [0.1, 0.15) is 11.2 Å². The number of rotatable bonds is 3. The van der Waals surface area contributed by atoms with Crippen molar-refractivity contribution in [2.24, 2.45) is 5.41 Å². The summed E-state index contributed by atoms with van der Waals surface area (Å²) in [6.07, 6.45) is 0.756. The summed E-state index contributed by atoms with van der Waals surface area (Å²) in [5.41, 5.74) is 0.824. The first-order valence-corrected chi connectivity index (χ1v) is 6.27. The molecule has 3 nitrogen and oxygen atoms in total. The highest BCUT2D eigenvalue weighted by atomic mass is 35.5. The quantitative estimate of drug-likeness (QED) is 0.624. The largest absolute Gasteiger partial charge is 0.465 e. The molecule has 1 fully saturated rings. The number of benzene rings is 1. The zero-order valence-electron chi connectivity index (χ0n) is 10.5. The molecule has 0 amide bonds. The minimum atomic E-state index is -1.04. The van der Waals surface area contributed by atoms with Crippen LogP contribution in [-0.4, -0.2) is 18.4 Å². The zero-order chi connectivity index (χ0) is 13.3. The standard InChI is InChI=1S/C14H15ClO3/c1-9-3-4-11(12(15)7-9)8-14(10(2)16)5-6-18-13(14)17/h3-4,7H,5-6,8H2,1-2H3. The molecule has 0 radical (unpaired) electrons. The number of ether oxygens (including phenoxy) is 1. The molecular weight excluding hydrogens is 252 g/mol. The number of halogens is 1. The number of ketones is 1. The van der Waals surface area contributed by atoms with Gasteiger partial charge in [-0.3, -0.25) is 9.59 Å². The van der Waals surface area contributed by atoms with Gasteiger partial charge in [0.25, 0.3) is 0 Å². The number of cyclic esters (lactones) is 1. The average molecular weight is 267 g/mol. The van der Waals surface area contributed by atoms with Gasteiger partial charge in [-0.15, -0.1) is 0 Å². The van der Waals surface area contributed by atoms with Crippen molar-refractivity contribution in [3.8, 4) is 0 Å². The molecule has 1 heterocycles. The molecule has 0 spiro atoms. The number of hydrogen-bond acceptors (Lipinski definition) is 3. The predicted octanol–water partition coefficient (Wildman–Crippen LogP) is 2.71. The molecular formula is C14H15ClO3. The number of carbonyl (C=O) groups is 2. The first-order chi connectivity index (χ1) is 8.45. The normalized spacial score (nSPS) is 22.9. The van der Waals surface area contributed by atoms with Crippen LogP contribution in [0.15, 0.2) is 18.2 Å². The fourth-order valence-electron chi connectivity index (χ4n) is 2.28. The van der Waals surface area contributed by atoms with Crippen molar-refractivity contribution in [1.82, 2.24) is 0 Å². The van der Waals surface area contributed by atoms with Crippen molar-refractivity contribution >= 4 is 23.4 Å². The number of esters is 1. The Balaban J connectivity index is 2.36. The molecule has 18 heavy (non-hydrogen) atoms. The second-order valence-electron chi connectivity index (χ2n) is 4.80. The van der Waals surface area contributed by atoms with E-state index in [4.69, 9.17) is 16.3 Å². The van der Waals surface area contributed by atoms with Crippen LogP contribution in [0.4, 0.5) is 0 Å². The third-order valence-electron chi connectivity index (χ3n) is 3.53. The summed E-state index contributed by atoms with van der Waals surface area (Å²) in [5.74, 6) is -0.576. The second kappa shape index (κ2) is 4.73. The van der Waals surface area contributed by atoms with Gasteiger partial charge in [-0.25, -0.2) is 0 Å². The Morgan fingerprint density at radius 2 is 2.22 bits per heavy atom. The van der Waals surface area contributed by atoms with Crippen molar-refractivity contribution in [3.05, 3.63) is 34.3 Å². The lowest BCUT2D eigenvalue weighted by Crippen LogP contribution is -2.36. The Hall–Kier alpha value is -1.35. The first kappa shape index (κ1) is 13.1. The smallest absolute Gasteiger partial charge is 0.320 e. The second-order valence-corrected chi connectivity index (χ2v) is 5.20. The molecule has 2 rings (SSSR count). The zero-order valence-corrected chi connectivity index (χ0v) is 11.2. The molecule has 1 aliphatic rings. The third kappa shape index (κ3) is 2.15. The third-order valence-corrected chi connectivity index (χ3v) is 3.88. The summed E-state index contributed by atoms with van der Waals surface area (Å²) < 4.78 is 4.96. The number of aryl methyl sites for hydroxylation is 1. The van der Waals surface area contributed by atoms with Crippen LogP contribution in [-0.2, 0) is 20.7 Å². The Morgan fingerprint density at radius 1 is 1.50 bits per heavy atom. The van der Waals surface area contributed by atoms with E-state index in [1.54, 1.807) is 0 Å². The van der Waals surface area contributed by atoms with E-state index in [0.717, 1.165) is 11.1 Å². The molecule has 1 aliphatic heterocycles. The molecule has 1 atom stereocenters. The molecule has 1 aromatic carbocycles. The molecule has 0 aliphatic carbocycles. The minimum Gasteiger partial charge on any atom is -0.465 e. The van der Waals surface area contributed by atoms with Crippen molar-refractivity contribution in [1.29, 1.82) is 0 Å². The maximum atomic E-state index is 11.8. The molecule has 4 heteroatoms. The van der Waals surface area contributed by atoms with Gasteiger partial charge in [0, 0.05) is 11.4 Å². The van der Waals surface area contributed by atoms with E-state index in [1.807, 2.05) is 25.1 Å². The maximum Gasteiger partial charge on any atom is 0.320 e. The van der Waals surface area contributed by atoms with Crippen molar-refractivity contribution in [2.75, 3.05) is 6.61 Å². The van der Waals surface area contributed by atoms with Gasteiger partial charge < -0.3 is 4.74 Å². The van der Waals surface area contributed by atoms with Gasteiger partial charge in [0.15, 0.2) is 0 Å². The minimum absolute atomic E-state index is 0.151.